The number of methoxy groups -OCH3 is 3. The Bertz CT molecular complexity index is 977. The Morgan fingerprint density at radius 3 is 2.61 bits per heavy atom. The average Bonchev–Trinajstić information content (AvgIpc) is 3.17. The monoisotopic (exact) mass is 382 g/mol. The molecule has 2 aromatic carbocycles. The van der Waals surface area contributed by atoms with Crippen molar-refractivity contribution in [3.05, 3.63) is 47.5 Å². The summed E-state index contributed by atoms with van der Waals surface area (Å²) >= 11 is 0. The van der Waals surface area contributed by atoms with Gasteiger partial charge in [0.1, 0.15) is 11.8 Å². The van der Waals surface area contributed by atoms with Crippen LogP contribution in [0.4, 0.5) is 5.69 Å². The molecule has 7 heteroatoms. The molecular formula is C21H22N2O5. The maximum atomic E-state index is 12.3. The number of hydrogen-bond acceptors (Lipinski definition) is 7. The van der Waals surface area contributed by atoms with Crippen LogP contribution in [-0.2, 0) is 20.8 Å². The molecule has 3 atom stereocenters. The highest BCUT2D eigenvalue weighted by Gasteiger charge is 2.69. The van der Waals surface area contributed by atoms with Gasteiger partial charge in [-0.2, -0.15) is 0 Å². The molecule has 7 nitrogen and oxygen atoms in total. The highest BCUT2D eigenvalue weighted by atomic mass is 16.5. The standard InChI is InChI=1S/C21H22N2O5/c1-25-17-10-13-16(11-18(17)26-2)28-20-9-8-15(19(24)27-3)23-21(13,20)22-14-7-5-4-6-12(14)20/h4-7,10-11,15,22-23H,8-9H2,1-3H3. The molecule has 5 rings (SSSR count). The van der Waals surface area contributed by atoms with E-state index in [1.54, 1.807) is 14.2 Å². The summed E-state index contributed by atoms with van der Waals surface area (Å²) in [5.74, 6) is 1.63. The quantitative estimate of drug-likeness (QED) is 0.790. The van der Waals surface area contributed by atoms with E-state index in [2.05, 4.69) is 16.7 Å². The first-order valence-corrected chi connectivity index (χ1v) is 9.27. The summed E-state index contributed by atoms with van der Waals surface area (Å²) in [5.41, 5.74) is 1.46. The van der Waals surface area contributed by atoms with Crippen LogP contribution in [0.2, 0.25) is 0 Å². The molecule has 1 fully saturated rings. The van der Waals surface area contributed by atoms with Gasteiger partial charge in [-0.25, -0.2) is 0 Å². The molecule has 0 spiro atoms. The molecule has 0 bridgehead atoms. The Balaban J connectivity index is 1.73. The molecule has 0 aliphatic carbocycles. The number of carbonyl (C=O) groups is 1. The number of esters is 1. The molecule has 3 heterocycles. The Hall–Kier alpha value is -2.93. The molecule has 0 amide bonds. The fourth-order valence-electron chi connectivity index (χ4n) is 4.89. The second kappa shape index (κ2) is 5.78. The van der Waals surface area contributed by atoms with Crippen LogP contribution in [0.1, 0.15) is 24.0 Å². The molecule has 2 aromatic rings. The van der Waals surface area contributed by atoms with Crippen LogP contribution in [-0.4, -0.2) is 33.3 Å². The van der Waals surface area contributed by atoms with Gasteiger partial charge in [0.2, 0.25) is 0 Å². The van der Waals surface area contributed by atoms with Crippen molar-refractivity contribution in [3.63, 3.8) is 0 Å². The van der Waals surface area contributed by atoms with Gasteiger partial charge in [-0.15, -0.1) is 0 Å². The normalized spacial score (nSPS) is 28.8. The van der Waals surface area contributed by atoms with Crippen LogP contribution in [0.25, 0.3) is 0 Å². The van der Waals surface area contributed by atoms with E-state index in [-0.39, 0.29) is 5.97 Å². The summed E-state index contributed by atoms with van der Waals surface area (Å²) in [5, 5.41) is 7.13. The van der Waals surface area contributed by atoms with Gasteiger partial charge in [0.15, 0.2) is 22.8 Å². The van der Waals surface area contributed by atoms with Crippen molar-refractivity contribution in [1.29, 1.82) is 0 Å². The number of hydrogen-bond donors (Lipinski definition) is 2. The molecule has 0 aromatic heterocycles. The molecule has 3 aliphatic heterocycles. The first-order chi connectivity index (χ1) is 13.6. The number of ether oxygens (including phenoxy) is 4. The lowest BCUT2D eigenvalue weighted by atomic mass is 9.74. The van der Waals surface area contributed by atoms with Crippen molar-refractivity contribution < 1.29 is 23.7 Å². The maximum Gasteiger partial charge on any atom is 0.322 e. The smallest absolute Gasteiger partial charge is 0.322 e. The minimum absolute atomic E-state index is 0.283. The van der Waals surface area contributed by atoms with Gasteiger partial charge in [-0.1, -0.05) is 18.2 Å². The zero-order chi connectivity index (χ0) is 19.5. The summed E-state index contributed by atoms with van der Waals surface area (Å²) in [7, 11) is 4.61. The summed E-state index contributed by atoms with van der Waals surface area (Å²) in [6.45, 7) is 0. The SMILES string of the molecule is COC(=O)C1CCC23Oc4cc(OC)c(OC)cc4C2(Nc2ccccc23)N1. The average molecular weight is 382 g/mol. The maximum absolute atomic E-state index is 12.3. The van der Waals surface area contributed by atoms with E-state index in [4.69, 9.17) is 18.9 Å². The third kappa shape index (κ3) is 1.94. The highest BCUT2D eigenvalue weighted by Crippen LogP contribution is 2.63. The van der Waals surface area contributed by atoms with Crippen LogP contribution in [0.15, 0.2) is 36.4 Å². The molecule has 3 unspecified atom stereocenters. The van der Waals surface area contributed by atoms with Crippen LogP contribution in [0.3, 0.4) is 0 Å². The number of nitrogens with one attached hydrogen (secondary N) is 2. The van der Waals surface area contributed by atoms with Gasteiger partial charge in [0.05, 0.1) is 21.3 Å². The number of anilines is 1. The lowest BCUT2D eigenvalue weighted by Crippen LogP contribution is -2.66. The van der Waals surface area contributed by atoms with E-state index in [1.807, 2.05) is 30.3 Å². The van der Waals surface area contributed by atoms with Crippen LogP contribution < -0.4 is 24.8 Å². The van der Waals surface area contributed by atoms with Gasteiger partial charge in [-0.05, 0) is 25.0 Å². The van der Waals surface area contributed by atoms with Crippen molar-refractivity contribution >= 4 is 11.7 Å². The van der Waals surface area contributed by atoms with Crippen molar-refractivity contribution in [2.45, 2.75) is 30.1 Å². The van der Waals surface area contributed by atoms with E-state index in [1.165, 1.54) is 7.11 Å². The molecule has 0 radical (unpaired) electrons. The van der Waals surface area contributed by atoms with Gasteiger partial charge in [-0.3, -0.25) is 10.1 Å². The van der Waals surface area contributed by atoms with Crippen LogP contribution in [0, 0.1) is 0 Å². The van der Waals surface area contributed by atoms with E-state index < -0.39 is 17.3 Å². The summed E-state index contributed by atoms with van der Waals surface area (Å²) < 4.78 is 22.6. The zero-order valence-corrected chi connectivity index (χ0v) is 16.0. The predicted molar refractivity (Wildman–Crippen MR) is 102 cm³/mol. The molecular weight excluding hydrogens is 360 g/mol. The number of carbonyl (C=O) groups excluding carboxylic acids is 1. The Morgan fingerprint density at radius 1 is 1.11 bits per heavy atom. The Labute approximate surface area is 162 Å². The Kier molecular flexibility index (Phi) is 3.55. The third-order valence-corrected chi connectivity index (χ3v) is 6.13. The van der Waals surface area contributed by atoms with Crippen molar-refractivity contribution in [1.82, 2.24) is 5.32 Å². The molecule has 3 aliphatic rings. The van der Waals surface area contributed by atoms with Crippen molar-refractivity contribution in [2.75, 3.05) is 26.6 Å². The molecule has 1 saturated heterocycles. The van der Waals surface area contributed by atoms with Gasteiger partial charge < -0.3 is 24.3 Å². The lowest BCUT2D eigenvalue weighted by molar-refractivity contribution is -0.147. The number of para-hydroxylation sites is 1. The van der Waals surface area contributed by atoms with E-state index in [0.29, 0.717) is 30.1 Å². The molecule has 0 saturated carbocycles. The third-order valence-electron chi connectivity index (χ3n) is 6.13. The molecule has 146 valence electrons. The topological polar surface area (TPSA) is 78.1 Å². The van der Waals surface area contributed by atoms with Gasteiger partial charge in [0, 0.05) is 22.9 Å². The second-order valence-electron chi connectivity index (χ2n) is 7.31. The highest BCUT2D eigenvalue weighted by molar-refractivity contribution is 5.78. The van der Waals surface area contributed by atoms with Crippen LogP contribution in [0.5, 0.6) is 17.2 Å². The first kappa shape index (κ1) is 17.2. The lowest BCUT2D eigenvalue weighted by Gasteiger charge is -2.46. The summed E-state index contributed by atoms with van der Waals surface area (Å²) in [6.07, 6.45) is 1.26. The number of fused-ring (bicyclic) bond motifs is 2. The van der Waals surface area contributed by atoms with Crippen LogP contribution >= 0.6 is 0 Å². The summed E-state index contributed by atoms with van der Waals surface area (Å²) in [6, 6.07) is 11.4. The van der Waals surface area contributed by atoms with E-state index in [0.717, 1.165) is 16.8 Å². The van der Waals surface area contributed by atoms with Gasteiger partial charge >= 0.3 is 5.97 Å². The largest absolute Gasteiger partial charge is 0.493 e. The number of rotatable bonds is 3. The first-order valence-electron chi connectivity index (χ1n) is 9.27. The predicted octanol–water partition coefficient (Wildman–Crippen LogP) is 2.50. The van der Waals surface area contributed by atoms with Crippen molar-refractivity contribution in [3.8, 4) is 17.2 Å². The second-order valence-corrected chi connectivity index (χ2v) is 7.31. The minimum Gasteiger partial charge on any atom is -0.493 e. The number of benzene rings is 2. The van der Waals surface area contributed by atoms with Gasteiger partial charge in [0.25, 0.3) is 0 Å². The molecule has 2 N–H and O–H groups in total. The molecule has 28 heavy (non-hydrogen) atoms. The van der Waals surface area contributed by atoms with Crippen molar-refractivity contribution in [2.24, 2.45) is 0 Å². The number of piperidine rings is 1. The fraction of sp³-hybridized carbons (Fsp3) is 0.381. The summed E-state index contributed by atoms with van der Waals surface area (Å²) in [4.78, 5) is 12.3. The zero-order valence-electron chi connectivity index (χ0n) is 16.0. The van der Waals surface area contributed by atoms with E-state index >= 15 is 0 Å². The fourth-order valence-corrected chi connectivity index (χ4v) is 4.89. The Morgan fingerprint density at radius 2 is 1.86 bits per heavy atom. The minimum atomic E-state index is -0.803. The van der Waals surface area contributed by atoms with E-state index in [9.17, 15) is 4.79 Å².